The van der Waals surface area contributed by atoms with Crippen molar-refractivity contribution in [3.8, 4) is 17.2 Å². The molecule has 148 valence electrons. The molecule has 0 aliphatic rings. The molecule has 0 radical (unpaired) electrons. The van der Waals surface area contributed by atoms with Gasteiger partial charge in [-0.2, -0.15) is 0 Å². The van der Waals surface area contributed by atoms with Crippen LogP contribution in [0.4, 0.5) is 0 Å². The maximum Gasteiger partial charge on any atom is 0.221 e. The zero-order valence-electron chi connectivity index (χ0n) is 15.9. The molecule has 1 amide bonds. The van der Waals surface area contributed by atoms with Gasteiger partial charge in [-0.15, -0.1) is 12.4 Å². The molecule has 0 fully saturated rings. The molecule has 0 saturated carbocycles. The smallest absolute Gasteiger partial charge is 0.221 e. The van der Waals surface area contributed by atoms with Crippen molar-refractivity contribution in [2.75, 3.05) is 27.9 Å². The Bertz CT molecular complexity index is 725. The third-order valence-corrected chi connectivity index (χ3v) is 4.14. The largest absolute Gasteiger partial charge is 0.493 e. The van der Waals surface area contributed by atoms with E-state index in [1.54, 1.807) is 21.3 Å². The maximum atomic E-state index is 12.1. The van der Waals surface area contributed by atoms with E-state index in [0.717, 1.165) is 11.1 Å². The van der Waals surface area contributed by atoms with Crippen molar-refractivity contribution in [2.24, 2.45) is 5.73 Å². The van der Waals surface area contributed by atoms with Crippen LogP contribution in [0.15, 0.2) is 42.5 Å². The van der Waals surface area contributed by atoms with Gasteiger partial charge < -0.3 is 25.3 Å². The van der Waals surface area contributed by atoms with E-state index in [4.69, 9.17) is 19.9 Å². The van der Waals surface area contributed by atoms with Gasteiger partial charge in [-0.05, 0) is 18.1 Å². The Hall–Kier alpha value is -2.44. The molecule has 0 heterocycles. The van der Waals surface area contributed by atoms with Gasteiger partial charge in [0.2, 0.25) is 11.7 Å². The Morgan fingerprint density at radius 1 is 1.00 bits per heavy atom. The van der Waals surface area contributed by atoms with Crippen molar-refractivity contribution in [1.29, 1.82) is 0 Å². The summed E-state index contributed by atoms with van der Waals surface area (Å²) in [4.78, 5) is 12.1. The highest BCUT2D eigenvalue weighted by Crippen LogP contribution is 2.39. The standard InChI is InChI=1S/C20H26N2O4.ClH/c1-24-17-10-9-15(19(25-2)20(17)26-3)11-12-22-18(23)13-16(21)14-7-5-4-6-8-14;/h4-10,16H,11-13,21H2,1-3H3,(H,22,23);1H. The SMILES string of the molecule is COc1ccc(CCNC(=O)CC(N)c2ccccc2)c(OC)c1OC.Cl. The molecular weight excluding hydrogens is 368 g/mol. The fourth-order valence-corrected chi connectivity index (χ4v) is 2.79. The highest BCUT2D eigenvalue weighted by molar-refractivity contribution is 5.85. The second kappa shape index (κ2) is 11.3. The summed E-state index contributed by atoms with van der Waals surface area (Å²) >= 11 is 0. The number of hydrogen-bond acceptors (Lipinski definition) is 5. The van der Waals surface area contributed by atoms with Crippen LogP contribution in [-0.2, 0) is 11.2 Å². The van der Waals surface area contributed by atoms with Gasteiger partial charge in [-0.3, -0.25) is 4.79 Å². The zero-order chi connectivity index (χ0) is 18.9. The van der Waals surface area contributed by atoms with Crippen LogP contribution in [0, 0.1) is 0 Å². The monoisotopic (exact) mass is 394 g/mol. The topological polar surface area (TPSA) is 82.8 Å². The fourth-order valence-electron chi connectivity index (χ4n) is 2.79. The van der Waals surface area contributed by atoms with Gasteiger partial charge in [0.25, 0.3) is 0 Å². The number of methoxy groups -OCH3 is 3. The lowest BCUT2D eigenvalue weighted by Crippen LogP contribution is -2.29. The second-order valence-electron chi connectivity index (χ2n) is 5.81. The molecule has 1 atom stereocenters. The van der Waals surface area contributed by atoms with Crippen molar-refractivity contribution >= 4 is 18.3 Å². The first-order valence-electron chi connectivity index (χ1n) is 8.45. The summed E-state index contributed by atoms with van der Waals surface area (Å²) in [6.07, 6.45) is 0.850. The van der Waals surface area contributed by atoms with E-state index in [0.29, 0.717) is 30.2 Å². The van der Waals surface area contributed by atoms with Crippen LogP contribution in [0.5, 0.6) is 17.2 Å². The molecule has 7 heteroatoms. The van der Waals surface area contributed by atoms with E-state index in [-0.39, 0.29) is 30.8 Å². The Morgan fingerprint density at radius 3 is 2.26 bits per heavy atom. The second-order valence-corrected chi connectivity index (χ2v) is 5.81. The molecule has 0 aliphatic heterocycles. The van der Waals surface area contributed by atoms with Crippen LogP contribution in [0.1, 0.15) is 23.6 Å². The molecule has 1 unspecified atom stereocenters. The number of halogens is 1. The van der Waals surface area contributed by atoms with Crippen molar-refractivity contribution < 1.29 is 19.0 Å². The number of nitrogens with two attached hydrogens (primary N) is 1. The number of carbonyl (C=O) groups is 1. The molecular formula is C20H27ClN2O4. The molecule has 0 saturated heterocycles. The van der Waals surface area contributed by atoms with Crippen LogP contribution in [0.3, 0.4) is 0 Å². The van der Waals surface area contributed by atoms with Crippen molar-refractivity contribution in [3.05, 3.63) is 53.6 Å². The minimum atomic E-state index is -0.313. The van der Waals surface area contributed by atoms with E-state index in [9.17, 15) is 4.79 Å². The van der Waals surface area contributed by atoms with E-state index in [1.165, 1.54) is 0 Å². The van der Waals surface area contributed by atoms with Gasteiger partial charge in [-0.25, -0.2) is 0 Å². The first kappa shape index (κ1) is 22.6. The summed E-state index contributed by atoms with van der Waals surface area (Å²) < 4.78 is 16.1. The van der Waals surface area contributed by atoms with Gasteiger partial charge in [0.1, 0.15) is 0 Å². The average Bonchev–Trinajstić information content (AvgIpc) is 2.67. The number of rotatable bonds is 9. The fraction of sp³-hybridized carbons (Fsp3) is 0.350. The summed E-state index contributed by atoms with van der Waals surface area (Å²) in [7, 11) is 4.72. The number of nitrogens with one attached hydrogen (secondary N) is 1. The number of carbonyl (C=O) groups excluding carboxylic acids is 1. The predicted molar refractivity (Wildman–Crippen MR) is 108 cm³/mol. The highest BCUT2D eigenvalue weighted by Gasteiger charge is 2.16. The lowest BCUT2D eigenvalue weighted by molar-refractivity contribution is -0.121. The van der Waals surface area contributed by atoms with E-state index in [2.05, 4.69) is 5.32 Å². The van der Waals surface area contributed by atoms with Crippen LogP contribution >= 0.6 is 12.4 Å². The molecule has 2 aromatic carbocycles. The van der Waals surface area contributed by atoms with E-state index >= 15 is 0 Å². The molecule has 2 aromatic rings. The van der Waals surface area contributed by atoms with Crippen LogP contribution < -0.4 is 25.3 Å². The van der Waals surface area contributed by atoms with E-state index < -0.39 is 0 Å². The minimum absolute atomic E-state index is 0. The lowest BCUT2D eigenvalue weighted by Gasteiger charge is -2.16. The molecule has 3 N–H and O–H groups in total. The summed E-state index contributed by atoms with van der Waals surface area (Å²) in [6.45, 7) is 0.478. The summed E-state index contributed by atoms with van der Waals surface area (Å²) in [6, 6.07) is 13.0. The number of ether oxygens (including phenoxy) is 3. The Balaban J connectivity index is 0.00000364. The number of benzene rings is 2. The number of hydrogen-bond donors (Lipinski definition) is 2. The Kier molecular flexibility index (Phi) is 9.47. The summed E-state index contributed by atoms with van der Waals surface area (Å²) in [5.41, 5.74) is 7.96. The number of amides is 1. The van der Waals surface area contributed by atoms with Crippen molar-refractivity contribution in [3.63, 3.8) is 0 Å². The van der Waals surface area contributed by atoms with Gasteiger partial charge in [0.15, 0.2) is 11.5 Å². The summed E-state index contributed by atoms with van der Waals surface area (Å²) in [5.74, 6) is 1.68. The first-order chi connectivity index (χ1) is 12.6. The molecule has 2 rings (SSSR count). The predicted octanol–water partition coefficient (Wildman–Crippen LogP) is 2.88. The molecule has 0 bridgehead atoms. The third-order valence-electron chi connectivity index (χ3n) is 4.14. The molecule has 0 aliphatic carbocycles. The lowest BCUT2D eigenvalue weighted by atomic mass is 10.0. The summed E-state index contributed by atoms with van der Waals surface area (Å²) in [5, 5.41) is 2.90. The average molecular weight is 395 g/mol. The maximum absolute atomic E-state index is 12.1. The first-order valence-corrected chi connectivity index (χ1v) is 8.45. The molecule has 0 spiro atoms. The third kappa shape index (κ3) is 6.05. The van der Waals surface area contributed by atoms with Crippen molar-refractivity contribution in [2.45, 2.75) is 18.9 Å². The van der Waals surface area contributed by atoms with Crippen LogP contribution in [0.25, 0.3) is 0 Å². The van der Waals surface area contributed by atoms with Gasteiger partial charge in [0, 0.05) is 24.6 Å². The normalized spacial score (nSPS) is 11.1. The molecule has 0 aromatic heterocycles. The molecule has 6 nitrogen and oxygen atoms in total. The Labute approximate surface area is 166 Å². The Morgan fingerprint density at radius 2 is 1.67 bits per heavy atom. The van der Waals surface area contributed by atoms with Gasteiger partial charge in [0.05, 0.1) is 21.3 Å². The quantitative estimate of drug-likeness (QED) is 0.683. The van der Waals surface area contributed by atoms with Crippen LogP contribution in [-0.4, -0.2) is 33.8 Å². The minimum Gasteiger partial charge on any atom is -0.493 e. The van der Waals surface area contributed by atoms with Gasteiger partial charge >= 0.3 is 0 Å². The zero-order valence-corrected chi connectivity index (χ0v) is 16.7. The molecule has 27 heavy (non-hydrogen) atoms. The van der Waals surface area contributed by atoms with E-state index in [1.807, 2.05) is 42.5 Å². The van der Waals surface area contributed by atoms with Crippen LogP contribution in [0.2, 0.25) is 0 Å². The van der Waals surface area contributed by atoms with Crippen molar-refractivity contribution in [1.82, 2.24) is 5.32 Å². The highest BCUT2D eigenvalue weighted by atomic mass is 35.5. The van der Waals surface area contributed by atoms with Gasteiger partial charge in [-0.1, -0.05) is 36.4 Å².